The zero-order valence-corrected chi connectivity index (χ0v) is 18.3. The fourth-order valence-electron chi connectivity index (χ4n) is 3.77. The summed E-state index contributed by atoms with van der Waals surface area (Å²) in [6.45, 7) is 2.83. The van der Waals surface area contributed by atoms with Gasteiger partial charge in [0.2, 0.25) is 0 Å². The molecule has 0 bridgehead atoms. The zero-order valence-electron chi connectivity index (χ0n) is 18.3. The van der Waals surface area contributed by atoms with Gasteiger partial charge in [-0.3, -0.25) is 10.1 Å². The summed E-state index contributed by atoms with van der Waals surface area (Å²) in [5.41, 5.74) is 9.08. The molecule has 4 nitrogen and oxygen atoms in total. The third-order valence-corrected chi connectivity index (χ3v) is 5.14. The van der Waals surface area contributed by atoms with E-state index in [4.69, 9.17) is 15.6 Å². The first-order valence-corrected chi connectivity index (χ1v) is 10.9. The van der Waals surface area contributed by atoms with Gasteiger partial charge in [0.05, 0.1) is 5.54 Å². The number of benzene rings is 3. The van der Waals surface area contributed by atoms with Crippen LogP contribution in [0.2, 0.25) is 0 Å². The van der Waals surface area contributed by atoms with E-state index in [9.17, 15) is 0 Å². The van der Waals surface area contributed by atoms with Crippen LogP contribution in [0, 0.1) is 0 Å². The standard InChI is InChI=1S/C25H30N2.C2H4O2/c26-20-12-1-2-13-21-27-25(22-14-6-3-7-15-22,23-16-8-4-9-17-23)24-18-10-5-11-19-24;1-2(3)4/h3-11,14-19,27H,1-2,12-13,20-21,26H2;1H3,(H,3,4). The average Bonchev–Trinajstić information content (AvgIpc) is 2.80. The number of carboxylic acids is 1. The van der Waals surface area contributed by atoms with Gasteiger partial charge in [0.25, 0.3) is 5.97 Å². The fourth-order valence-corrected chi connectivity index (χ4v) is 3.77. The van der Waals surface area contributed by atoms with Crippen molar-refractivity contribution in [3.8, 4) is 0 Å². The Morgan fingerprint density at radius 2 is 1.10 bits per heavy atom. The highest BCUT2D eigenvalue weighted by atomic mass is 16.4. The number of hydrogen-bond acceptors (Lipinski definition) is 3. The van der Waals surface area contributed by atoms with E-state index in [2.05, 4.69) is 96.3 Å². The van der Waals surface area contributed by atoms with Gasteiger partial charge in [-0.2, -0.15) is 0 Å². The van der Waals surface area contributed by atoms with Crippen LogP contribution in [-0.4, -0.2) is 24.2 Å². The lowest BCUT2D eigenvalue weighted by atomic mass is 9.77. The number of unbranched alkanes of at least 4 members (excludes halogenated alkanes) is 3. The smallest absolute Gasteiger partial charge is 0.300 e. The third kappa shape index (κ3) is 7.35. The molecule has 3 aromatic rings. The molecule has 3 rings (SSSR count). The topological polar surface area (TPSA) is 75.3 Å². The summed E-state index contributed by atoms with van der Waals surface area (Å²) in [6.07, 6.45) is 4.67. The molecule has 4 heteroatoms. The molecule has 0 heterocycles. The first-order chi connectivity index (χ1) is 15.1. The Morgan fingerprint density at radius 3 is 1.45 bits per heavy atom. The Labute approximate surface area is 186 Å². The molecule has 31 heavy (non-hydrogen) atoms. The normalized spacial score (nSPS) is 10.8. The van der Waals surface area contributed by atoms with Crippen LogP contribution in [0.3, 0.4) is 0 Å². The summed E-state index contributed by atoms with van der Waals surface area (Å²) in [5, 5.41) is 11.3. The van der Waals surface area contributed by atoms with E-state index in [-0.39, 0.29) is 5.54 Å². The summed E-state index contributed by atoms with van der Waals surface area (Å²) in [7, 11) is 0. The van der Waals surface area contributed by atoms with Crippen LogP contribution < -0.4 is 11.1 Å². The first-order valence-electron chi connectivity index (χ1n) is 10.9. The van der Waals surface area contributed by atoms with E-state index < -0.39 is 5.97 Å². The number of carboxylic acid groups (broad SMARTS) is 1. The van der Waals surface area contributed by atoms with Crippen molar-refractivity contribution < 1.29 is 9.90 Å². The molecule has 4 N–H and O–H groups in total. The monoisotopic (exact) mass is 418 g/mol. The van der Waals surface area contributed by atoms with E-state index in [1.807, 2.05) is 0 Å². The van der Waals surface area contributed by atoms with E-state index >= 15 is 0 Å². The maximum atomic E-state index is 9.00. The molecule has 0 saturated carbocycles. The van der Waals surface area contributed by atoms with Gasteiger partial charge in [0.1, 0.15) is 0 Å². The molecule has 0 fully saturated rings. The number of nitrogens with one attached hydrogen (secondary N) is 1. The van der Waals surface area contributed by atoms with Crippen molar-refractivity contribution in [1.29, 1.82) is 0 Å². The molecular formula is C27H34N2O2. The van der Waals surface area contributed by atoms with Crippen LogP contribution in [0.4, 0.5) is 0 Å². The van der Waals surface area contributed by atoms with Crippen LogP contribution in [0.5, 0.6) is 0 Å². The Balaban J connectivity index is 0.000000785. The molecular weight excluding hydrogens is 384 g/mol. The summed E-state index contributed by atoms with van der Waals surface area (Å²) in [4.78, 5) is 9.00. The quantitative estimate of drug-likeness (QED) is 0.313. The van der Waals surface area contributed by atoms with Gasteiger partial charge in [-0.05, 0) is 42.6 Å². The number of hydrogen-bond donors (Lipinski definition) is 3. The average molecular weight is 419 g/mol. The lowest BCUT2D eigenvalue weighted by molar-refractivity contribution is -0.134. The molecule has 0 saturated heterocycles. The van der Waals surface area contributed by atoms with Gasteiger partial charge in [0, 0.05) is 6.92 Å². The number of nitrogens with two attached hydrogens (primary N) is 1. The second-order valence-corrected chi connectivity index (χ2v) is 7.50. The SMILES string of the molecule is CC(=O)O.NCCCCCCNC(c1ccccc1)(c1ccccc1)c1ccccc1. The fraction of sp³-hybridized carbons (Fsp3) is 0.296. The minimum atomic E-state index is -0.833. The molecule has 0 unspecified atom stereocenters. The van der Waals surface area contributed by atoms with Crippen LogP contribution in [0.1, 0.15) is 49.3 Å². The first kappa shape index (κ1) is 24.3. The van der Waals surface area contributed by atoms with Crippen molar-refractivity contribution in [2.24, 2.45) is 5.73 Å². The summed E-state index contributed by atoms with van der Waals surface area (Å²) in [5.74, 6) is -0.833. The minimum Gasteiger partial charge on any atom is -0.481 e. The number of carbonyl (C=O) groups is 1. The summed E-state index contributed by atoms with van der Waals surface area (Å²) >= 11 is 0. The van der Waals surface area contributed by atoms with Gasteiger partial charge in [-0.25, -0.2) is 0 Å². The predicted octanol–water partition coefficient (Wildman–Crippen LogP) is 5.18. The highest BCUT2D eigenvalue weighted by Crippen LogP contribution is 2.36. The van der Waals surface area contributed by atoms with Gasteiger partial charge < -0.3 is 10.8 Å². The Morgan fingerprint density at radius 1 is 0.742 bits per heavy atom. The van der Waals surface area contributed by atoms with Gasteiger partial charge in [-0.15, -0.1) is 0 Å². The molecule has 0 aliphatic carbocycles. The van der Waals surface area contributed by atoms with Crippen molar-refractivity contribution in [3.05, 3.63) is 108 Å². The van der Waals surface area contributed by atoms with Crippen molar-refractivity contribution in [2.45, 2.75) is 38.1 Å². The van der Waals surface area contributed by atoms with Gasteiger partial charge >= 0.3 is 0 Å². The van der Waals surface area contributed by atoms with E-state index in [1.54, 1.807) is 0 Å². The molecule has 0 aliphatic rings. The largest absolute Gasteiger partial charge is 0.481 e. The molecule has 164 valence electrons. The lowest BCUT2D eigenvalue weighted by Gasteiger charge is -2.37. The van der Waals surface area contributed by atoms with Crippen LogP contribution in [0.25, 0.3) is 0 Å². The predicted molar refractivity (Wildman–Crippen MR) is 128 cm³/mol. The second-order valence-electron chi connectivity index (χ2n) is 7.50. The zero-order chi connectivity index (χ0) is 22.4. The molecule has 0 radical (unpaired) electrons. The molecule has 0 aromatic heterocycles. The second kappa shape index (κ2) is 13.4. The maximum Gasteiger partial charge on any atom is 0.300 e. The molecule has 0 amide bonds. The van der Waals surface area contributed by atoms with Crippen LogP contribution in [-0.2, 0) is 10.3 Å². The van der Waals surface area contributed by atoms with Crippen molar-refractivity contribution in [1.82, 2.24) is 5.32 Å². The number of aliphatic carboxylic acids is 1. The number of rotatable bonds is 10. The van der Waals surface area contributed by atoms with E-state index in [1.165, 1.54) is 29.5 Å². The summed E-state index contributed by atoms with van der Waals surface area (Å²) in [6, 6.07) is 32.3. The van der Waals surface area contributed by atoms with Crippen molar-refractivity contribution >= 4 is 5.97 Å². The highest BCUT2D eigenvalue weighted by Gasteiger charge is 2.35. The molecule has 0 aliphatic heterocycles. The van der Waals surface area contributed by atoms with Crippen LogP contribution >= 0.6 is 0 Å². The maximum absolute atomic E-state index is 9.00. The minimum absolute atomic E-state index is 0.350. The molecule has 0 atom stereocenters. The van der Waals surface area contributed by atoms with Gasteiger partial charge in [-0.1, -0.05) is 104 Å². The summed E-state index contributed by atoms with van der Waals surface area (Å²) < 4.78 is 0. The Hall–Kier alpha value is -2.95. The van der Waals surface area contributed by atoms with Gasteiger partial charge in [0.15, 0.2) is 0 Å². The molecule has 0 spiro atoms. The van der Waals surface area contributed by atoms with Crippen molar-refractivity contribution in [3.63, 3.8) is 0 Å². The lowest BCUT2D eigenvalue weighted by Crippen LogP contribution is -2.45. The Bertz CT molecular complexity index is 767. The molecule has 3 aromatic carbocycles. The Kier molecular flexibility index (Phi) is 10.5. The van der Waals surface area contributed by atoms with E-state index in [0.717, 1.165) is 32.9 Å². The highest BCUT2D eigenvalue weighted by molar-refractivity contribution is 5.63. The van der Waals surface area contributed by atoms with Crippen LogP contribution in [0.15, 0.2) is 91.0 Å². The third-order valence-electron chi connectivity index (χ3n) is 5.14. The van der Waals surface area contributed by atoms with Crippen molar-refractivity contribution in [2.75, 3.05) is 13.1 Å². The van der Waals surface area contributed by atoms with E-state index in [0.29, 0.717) is 0 Å².